The van der Waals surface area contributed by atoms with Gasteiger partial charge in [0, 0.05) is 11.1 Å². The lowest BCUT2D eigenvalue weighted by atomic mass is 10.1. The molecule has 2 rings (SSSR count). The van der Waals surface area contributed by atoms with Gasteiger partial charge in [0.15, 0.2) is 6.10 Å². The second kappa shape index (κ2) is 7.03. The van der Waals surface area contributed by atoms with Crippen LogP contribution in [0.5, 0.6) is 5.75 Å². The maximum Gasteiger partial charge on any atom is 0.266 e. The van der Waals surface area contributed by atoms with Crippen LogP contribution < -0.4 is 10.1 Å². The topological polar surface area (TPSA) is 56.1 Å². The monoisotopic (exact) mass is 369 g/mol. The highest BCUT2D eigenvalue weighted by molar-refractivity contribution is 6.35. The number of anilines is 1. The first-order valence-electron chi connectivity index (χ1n) is 7.57. The average molecular weight is 370 g/mol. The lowest BCUT2D eigenvalue weighted by Gasteiger charge is -2.23. The molecule has 0 spiro atoms. The average Bonchev–Trinajstić information content (AvgIpc) is 2.82. The van der Waals surface area contributed by atoms with Gasteiger partial charge < -0.3 is 10.1 Å². The highest BCUT2D eigenvalue weighted by Gasteiger charge is 2.23. The molecule has 7 heteroatoms. The number of nitrogens with zero attached hydrogens (tertiary/aromatic N) is 2. The van der Waals surface area contributed by atoms with Gasteiger partial charge in [-0.05, 0) is 52.8 Å². The largest absolute Gasteiger partial charge is 0.479 e. The van der Waals surface area contributed by atoms with Gasteiger partial charge in [0.25, 0.3) is 5.91 Å². The van der Waals surface area contributed by atoms with Gasteiger partial charge in [0.1, 0.15) is 11.6 Å². The molecule has 0 saturated heterocycles. The molecule has 0 fully saturated rings. The summed E-state index contributed by atoms with van der Waals surface area (Å²) in [6.45, 7) is 9.59. The Balaban J connectivity index is 2.12. The number of hydrogen-bond donors (Lipinski definition) is 1. The Bertz CT molecular complexity index is 751. The van der Waals surface area contributed by atoms with Crippen LogP contribution in [0.25, 0.3) is 0 Å². The van der Waals surface area contributed by atoms with E-state index < -0.39 is 6.10 Å². The molecule has 0 bridgehead atoms. The fraction of sp³-hybridized carbons (Fsp3) is 0.412. The third-order valence-corrected chi connectivity index (χ3v) is 3.82. The van der Waals surface area contributed by atoms with Crippen LogP contribution in [0.1, 0.15) is 33.4 Å². The van der Waals surface area contributed by atoms with E-state index in [0.29, 0.717) is 21.6 Å². The molecule has 130 valence electrons. The van der Waals surface area contributed by atoms with Crippen molar-refractivity contribution in [3.63, 3.8) is 0 Å². The fourth-order valence-electron chi connectivity index (χ4n) is 2.14. The van der Waals surface area contributed by atoms with Crippen LogP contribution in [0.3, 0.4) is 0 Å². The van der Waals surface area contributed by atoms with Crippen molar-refractivity contribution in [2.24, 2.45) is 0 Å². The number of amides is 1. The smallest absolute Gasteiger partial charge is 0.266 e. The Hall–Kier alpha value is -1.72. The SMILES string of the molecule is Cc1cc(NC(=O)C(C)Oc2ccc(Cl)cc2Cl)n(C(C)(C)C)n1. The minimum Gasteiger partial charge on any atom is -0.479 e. The lowest BCUT2D eigenvalue weighted by molar-refractivity contribution is -0.122. The molecular weight excluding hydrogens is 349 g/mol. The zero-order chi connectivity index (χ0) is 18.1. The van der Waals surface area contributed by atoms with Gasteiger partial charge in [-0.2, -0.15) is 5.10 Å². The summed E-state index contributed by atoms with van der Waals surface area (Å²) >= 11 is 11.9. The number of ether oxygens (including phenoxy) is 1. The van der Waals surface area contributed by atoms with Crippen molar-refractivity contribution in [1.82, 2.24) is 9.78 Å². The summed E-state index contributed by atoms with van der Waals surface area (Å²) in [4.78, 5) is 12.4. The van der Waals surface area contributed by atoms with E-state index in [1.165, 1.54) is 0 Å². The number of carbonyl (C=O) groups is 1. The molecule has 0 aliphatic heterocycles. The fourth-order valence-corrected chi connectivity index (χ4v) is 2.60. The van der Waals surface area contributed by atoms with Gasteiger partial charge in [0.05, 0.1) is 16.3 Å². The van der Waals surface area contributed by atoms with Gasteiger partial charge in [-0.3, -0.25) is 4.79 Å². The predicted molar refractivity (Wildman–Crippen MR) is 97.1 cm³/mol. The molecule has 1 aromatic carbocycles. The molecule has 2 aromatic rings. The van der Waals surface area contributed by atoms with E-state index in [0.717, 1.165) is 5.69 Å². The molecule has 1 atom stereocenters. The van der Waals surface area contributed by atoms with Gasteiger partial charge in [-0.1, -0.05) is 23.2 Å². The Morgan fingerprint density at radius 2 is 1.96 bits per heavy atom. The predicted octanol–water partition coefficient (Wildman–Crippen LogP) is 4.66. The van der Waals surface area contributed by atoms with E-state index in [-0.39, 0.29) is 11.4 Å². The molecule has 1 N–H and O–H groups in total. The Morgan fingerprint density at radius 1 is 1.29 bits per heavy atom. The number of aromatic nitrogens is 2. The zero-order valence-corrected chi connectivity index (χ0v) is 15.9. The van der Waals surface area contributed by atoms with Gasteiger partial charge in [0.2, 0.25) is 0 Å². The number of benzene rings is 1. The molecule has 0 aliphatic carbocycles. The van der Waals surface area contributed by atoms with Crippen molar-refractivity contribution < 1.29 is 9.53 Å². The summed E-state index contributed by atoms with van der Waals surface area (Å²) in [5, 5.41) is 8.15. The van der Waals surface area contributed by atoms with E-state index in [2.05, 4.69) is 10.4 Å². The van der Waals surface area contributed by atoms with E-state index >= 15 is 0 Å². The number of hydrogen-bond acceptors (Lipinski definition) is 3. The van der Waals surface area contributed by atoms with Gasteiger partial charge >= 0.3 is 0 Å². The summed E-state index contributed by atoms with van der Waals surface area (Å²) in [6.07, 6.45) is -0.729. The first-order valence-corrected chi connectivity index (χ1v) is 8.33. The Morgan fingerprint density at radius 3 is 2.54 bits per heavy atom. The molecule has 1 heterocycles. The molecule has 0 saturated carbocycles. The molecular formula is C17H21Cl2N3O2. The van der Waals surface area contributed by atoms with E-state index in [4.69, 9.17) is 27.9 Å². The van der Waals surface area contributed by atoms with Crippen LogP contribution in [-0.4, -0.2) is 21.8 Å². The molecule has 1 unspecified atom stereocenters. The van der Waals surface area contributed by atoms with Crippen LogP contribution in [-0.2, 0) is 10.3 Å². The maximum absolute atomic E-state index is 12.4. The highest BCUT2D eigenvalue weighted by atomic mass is 35.5. The standard InChI is InChI=1S/C17H21Cl2N3O2/c1-10-8-15(22(21-10)17(3,4)5)20-16(23)11(2)24-14-7-6-12(18)9-13(14)19/h6-9,11H,1-5H3,(H,20,23). The number of aryl methyl sites for hydroxylation is 1. The van der Waals surface area contributed by atoms with Crippen molar-refractivity contribution in [2.75, 3.05) is 5.32 Å². The zero-order valence-electron chi connectivity index (χ0n) is 14.4. The minimum absolute atomic E-state index is 0.250. The molecule has 0 aliphatic rings. The van der Waals surface area contributed by atoms with Crippen LogP contribution >= 0.6 is 23.2 Å². The summed E-state index contributed by atoms with van der Waals surface area (Å²) in [5.41, 5.74) is 0.579. The van der Waals surface area contributed by atoms with Gasteiger partial charge in [-0.25, -0.2) is 4.68 Å². The van der Waals surface area contributed by atoms with E-state index in [1.807, 2.05) is 33.8 Å². The second-order valence-electron chi connectivity index (χ2n) is 6.58. The van der Waals surface area contributed by atoms with Crippen molar-refractivity contribution >= 4 is 34.9 Å². The summed E-state index contributed by atoms with van der Waals surface area (Å²) in [6, 6.07) is 6.69. The van der Waals surface area contributed by atoms with Gasteiger partial charge in [-0.15, -0.1) is 0 Å². The maximum atomic E-state index is 12.4. The summed E-state index contributed by atoms with van der Waals surface area (Å²) < 4.78 is 7.41. The number of nitrogens with one attached hydrogen (secondary N) is 1. The van der Waals surface area contributed by atoms with Crippen molar-refractivity contribution in [3.05, 3.63) is 40.0 Å². The molecule has 1 amide bonds. The van der Waals surface area contributed by atoms with Crippen molar-refractivity contribution in [2.45, 2.75) is 46.3 Å². The molecule has 24 heavy (non-hydrogen) atoms. The number of rotatable bonds is 4. The van der Waals surface area contributed by atoms with E-state index in [9.17, 15) is 4.79 Å². The van der Waals surface area contributed by atoms with Crippen LogP contribution in [0.2, 0.25) is 10.0 Å². The van der Waals surface area contributed by atoms with Crippen molar-refractivity contribution in [3.8, 4) is 5.75 Å². The molecule has 5 nitrogen and oxygen atoms in total. The third kappa shape index (κ3) is 4.42. The van der Waals surface area contributed by atoms with Crippen LogP contribution in [0.15, 0.2) is 24.3 Å². The first kappa shape index (κ1) is 18.6. The molecule has 0 radical (unpaired) electrons. The third-order valence-electron chi connectivity index (χ3n) is 3.29. The first-order chi connectivity index (χ1) is 11.1. The highest BCUT2D eigenvalue weighted by Crippen LogP contribution is 2.28. The molecule has 1 aromatic heterocycles. The normalized spacial score (nSPS) is 12.8. The van der Waals surface area contributed by atoms with Crippen LogP contribution in [0, 0.1) is 6.92 Å². The Kier molecular flexibility index (Phi) is 5.45. The van der Waals surface area contributed by atoms with Crippen LogP contribution in [0.4, 0.5) is 5.82 Å². The Labute approximate surface area is 151 Å². The summed E-state index contributed by atoms with van der Waals surface area (Å²) in [5.74, 6) is 0.748. The van der Waals surface area contributed by atoms with E-state index in [1.54, 1.807) is 29.8 Å². The minimum atomic E-state index is -0.729. The number of carbonyl (C=O) groups excluding carboxylic acids is 1. The quantitative estimate of drug-likeness (QED) is 0.852. The second-order valence-corrected chi connectivity index (χ2v) is 7.42. The lowest BCUT2D eigenvalue weighted by Crippen LogP contribution is -2.33. The number of halogens is 2. The van der Waals surface area contributed by atoms with Crippen molar-refractivity contribution in [1.29, 1.82) is 0 Å². The summed E-state index contributed by atoms with van der Waals surface area (Å²) in [7, 11) is 0.